The highest BCUT2D eigenvalue weighted by Gasteiger charge is 2.11. The Morgan fingerprint density at radius 1 is 1.40 bits per heavy atom. The second-order valence-electron chi connectivity index (χ2n) is 3.97. The van der Waals surface area contributed by atoms with Gasteiger partial charge in [0.2, 0.25) is 0 Å². The highest BCUT2D eigenvalue weighted by Crippen LogP contribution is 2.24. The number of aryl methyl sites for hydroxylation is 2. The number of nitrogens with one attached hydrogen (secondary N) is 1. The Balaban J connectivity index is 2.29. The molecule has 1 fully saturated rings. The smallest absolute Gasteiger partial charge is 0.134 e. The van der Waals surface area contributed by atoms with Gasteiger partial charge >= 0.3 is 0 Å². The predicted molar refractivity (Wildman–Crippen MR) is 63.0 cm³/mol. The van der Waals surface area contributed by atoms with Gasteiger partial charge in [0.1, 0.15) is 5.15 Å². The Morgan fingerprint density at radius 2 is 2.07 bits per heavy atom. The molecule has 15 heavy (non-hydrogen) atoms. The zero-order chi connectivity index (χ0) is 10.8. The van der Waals surface area contributed by atoms with Gasteiger partial charge in [-0.25, -0.2) is 0 Å². The molecule has 1 aromatic heterocycles. The van der Waals surface area contributed by atoms with E-state index in [1.165, 1.54) is 5.57 Å². The SMILES string of the molecule is Cc1nn(C)c(Cl)c1C=C1CCNCC1. The maximum atomic E-state index is 6.17. The Bertz CT molecular complexity index is 385. The van der Waals surface area contributed by atoms with Crippen LogP contribution in [-0.4, -0.2) is 22.9 Å². The van der Waals surface area contributed by atoms with Gasteiger partial charge in [-0.3, -0.25) is 4.68 Å². The molecule has 0 spiro atoms. The van der Waals surface area contributed by atoms with E-state index in [1.54, 1.807) is 4.68 Å². The minimum atomic E-state index is 0.735. The number of hydrogen-bond acceptors (Lipinski definition) is 2. The first kappa shape index (κ1) is 10.7. The first-order chi connectivity index (χ1) is 7.18. The number of aromatic nitrogens is 2. The molecule has 0 aromatic carbocycles. The van der Waals surface area contributed by atoms with Gasteiger partial charge in [-0.1, -0.05) is 23.3 Å². The molecule has 2 rings (SSSR count). The second kappa shape index (κ2) is 4.37. The first-order valence-electron chi connectivity index (χ1n) is 5.27. The third kappa shape index (κ3) is 2.24. The maximum absolute atomic E-state index is 6.17. The van der Waals surface area contributed by atoms with Crippen molar-refractivity contribution in [2.24, 2.45) is 7.05 Å². The van der Waals surface area contributed by atoms with E-state index in [9.17, 15) is 0 Å². The van der Waals surface area contributed by atoms with Gasteiger partial charge in [0.05, 0.1) is 5.69 Å². The summed E-state index contributed by atoms with van der Waals surface area (Å²) in [4.78, 5) is 0. The quantitative estimate of drug-likeness (QED) is 0.794. The fraction of sp³-hybridized carbons (Fsp3) is 0.545. The number of hydrogen-bond donors (Lipinski definition) is 1. The number of halogens is 1. The normalized spacial score (nSPS) is 16.9. The molecule has 0 atom stereocenters. The Hall–Kier alpha value is -0.800. The summed E-state index contributed by atoms with van der Waals surface area (Å²) in [5.41, 5.74) is 3.55. The minimum Gasteiger partial charge on any atom is -0.316 e. The molecule has 1 aromatic rings. The van der Waals surface area contributed by atoms with Crippen LogP contribution in [0.15, 0.2) is 5.57 Å². The van der Waals surface area contributed by atoms with Crippen molar-refractivity contribution in [1.82, 2.24) is 15.1 Å². The van der Waals surface area contributed by atoms with Crippen molar-refractivity contribution in [3.8, 4) is 0 Å². The van der Waals surface area contributed by atoms with E-state index in [0.717, 1.165) is 42.3 Å². The monoisotopic (exact) mass is 225 g/mol. The molecule has 4 heteroatoms. The highest BCUT2D eigenvalue weighted by molar-refractivity contribution is 6.31. The van der Waals surface area contributed by atoms with Gasteiger partial charge in [0, 0.05) is 12.6 Å². The van der Waals surface area contributed by atoms with E-state index in [-0.39, 0.29) is 0 Å². The minimum absolute atomic E-state index is 0.735. The van der Waals surface area contributed by atoms with E-state index in [4.69, 9.17) is 11.6 Å². The average Bonchev–Trinajstić information content (AvgIpc) is 2.47. The maximum Gasteiger partial charge on any atom is 0.134 e. The van der Waals surface area contributed by atoms with Crippen LogP contribution >= 0.6 is 11.6 Å². The molecular formula is C11H16ClN3. The number of rotatable bonds is 1. The van der Waals surface area contributed by atoms with Gasteiger partial charge in [-0.15, -0.1) is 0 Å². The molecule has 0 saturated carbocycles. The van der Waals surface area contributed by atoms with Gasteiger partial charge in [-0.2, -0.15) is 5.10 Å². The zero-order valence-electron chi connectivity index (χ0n) is 9.18. The summed E-state index contributed by atoms with van der Waals surface area (Å²) >= 11 is 6.17. The van der Waals surface area contributed by atoms with Crippen molar-refractivity contribution in [3.05, 3.63) is 22.0 Å². The standard InChI is InChI=1S/C11H16ClN3/c1-8-10(11(12)15(2)14-8)7-9-3-5-13-6-4-9/h7,13H,3-6H2,1-2H3. The Kier molecular flexibility index (Phi) is 3.12. The summed E-state index contributed by atoms with van der Waals surface area (Å²) in [7, 11) is 1.87. The molecule has 0 unspecified atom stereocenters. The summed E-state index contributed by atoms with van der Waals surface area (Å²) in [5, 5.41) is 8.38. The Morgan fingerprint density at radius 3 is 2.60 bits per heavy atom. The molecule has 1 N–H and O–H groups in total. The van der Waals surface area contributed by atoms with E-state index >= 15 is 0 Å². The number of piperidine rings is 1. The van der Waals surface area contributed by atoms with E-state index < -0.39 is 0 Å². The number of nitrogens with zero attached hydrogens (tertiary/aromatic N) is 2. The third-order valence-corrected chi connectivity index (χ3v) is 3.24. The first-order valence-corrected chi connectivity index (χ1v) is 5.65. The van der Waals surface area contributed by atoms with Crippen LogP contribution in [-0.2, 0) is 7.05 Å². The van der Waals surface area contributed by atoms with Crippen LogP contribution in [0.4, 0.5) is 0 Å². The largest absolute Gasteiger partial charge is 0.316 e. The molecule has 0 amide bonds. The molecule has 2 heterocycles. The molecule has 0 aliphatic carbocycles. The molecule has 82 valence electrons. The van der Waals surface area contributed by atoms with Crippen molar-refractivity contribution in [2.45, 2.75) is 19.8 Å². The van der Waals surface area contributed by atoms with Crippen LogP contribution in [0.3, 0.4) is 0 Å². The van der Waals surface area contributed by atoms with Crippen molar-refractivity contribution < 1.29 is 0 Å². The highest BCUT2D eigenvalue weighted by atomic mass is 35.5. The lowest BCUT2D eigenvalue weighted by atomic mass is 10.0. The van der Waals surface area contributed by atoms with E-state index in [2.05, 4.69) is 16.5 Å². The van der Waals surface area contributed by atoms with Gasteiger partial charge < -0.3 is 5.32 Å². The molecule has 1 aliphatic rings. The van der Waals surface area contributed by atoms with E-state index in [1.807, 2.05) is 14.0 Å². The molecule has 0 bridgehead atoms. The lowest BCUT2D eigenvalue weighted by Gasteiger charge is -2.14. The van der Waals surface area contributed by atoms with Gasteiger partial charge in [-0.05, 0) is 32.9 Å². The third-order valence-electron chi connectivity index (χ3n) is 2.79. The van der Waals surface area contributed by atoms with Crippen LogP contribution in [0.1, 0.15) is 24.1 Å². The van der Waals surface area contributed by atoms with Crippen molar-refractivity contribution in [3.63, 3.8) is 0 Å². The van der Waals surface area contributed by atoms with Crippen LogP contribution in [0, 0.1) is 6.92 Å². The average molecular weight is 226 g/mol. The summed E-state index contributed by atoms with van der Waals surface area (Å²) in [6.07, 6.45) is 4.43. The van der Waals surface area contributed by atoms with Crippen LogP contribution < -0.4 is 5.32 Å². The summed E-state index contributed by atoms with van der Waals surface area (Å²) in [5.74, 6) is 0. The lowest BCUT2D eigenvalue weighted by molar-refractivity contribution is 0.613. The lowest BCUT2D eigenvalue weighted by Crippen LogP contribution is -2.22. The van der Waals surface area contributed by atoms with Crippen molar-refractivity contribution in [1.29, 1.82) is 0 Å². The van der Waals surface area contributed by atoms with Gasteiger partial charge in [0.15, 0.2) is 0 Å². The summed E-state index contributed by atoms with van der Waals surface area (Å²) in [6, 6.07) is 0. The van der Waals surface area contributed by atoms with Crippen molar-refractivity contribution in [2.75, 3.05) is 13.1 Å². The van der Waals surface area contributed by atoms with Crippen LogP contribution in [0.5, 0.6) is 0 Å². The fourth-order valence-electron chi connectivity index (χ4n) is 1.91. The molecule has 1 aliphatic heterocycles. The molecule has 1 saturated heterocycles. The molecular weight excluding hydrogens is 210 g/mol. The second-order valence-corrected chi connectivity index (χ2v) is 4.32. The summed E-state index contributed by atoms with van der Waals surface area (Å²) < 4.78 is 1.73. The van der Waals surface area contributed by atoms with Crippen LogP contribution in [0.25, 0.3) is 6.08 Å². The van der Waals surface area contributed by atoms with Crippen molar-refractivity contribution >= 4 is 17.7 Å². The van der Waals surface area contributed by atoms with Crippen LogP contribution in [0.2, 0.25) is 5.15 Å². The predicted octanol–water partition coefficient (Wildman–Crippen LogP) is 2.15. The van der Waals surface area contributed by atoms with Gasteiger partial charge in [0.25, 0.3) is 0 Å². The molecule has 3 nitrogen and oxygen atoms in total. The Labute approximate surface area is 95.1 Å². The van der Waals surface area contributed by atoms with E-state index in [0.29, 0.717) is 0 Å². The molecule has 0 radical (unpaired) electrons. The fourth-order valence-corrected chi connectivity index (χ4v) is 2.14. The topological polar surface area (TPSA) is 29.9 Å². The summed E-state index contributed by atoms with van der Waals surface area (Å²) in [6.45, 7) is 4.14. The zero-order valence-corrected chi connectivity index (χ0v) is 9.93.